The maximum Gasteiger partial charge on any atom is 0.214 e. The van der Waals surface area contributed by atoms with Crippen molar-refractivity contribution >= 4 is 10.0 Å². The van der Waals surface area contributed by atoms with Crippen molar-refractivity contribution in [1.29, 1.82) is 5.26 Å². The second-order valence-corrected chi connectivity index (χ2v) is 7.63. The van der Waals surface area contributed by atoms with Gasteiger partial charge in [0.25, 0.3) is 0 Å². The van der Waals surface area contributed by atoms with Crippen LogP contribution >= 0.6 is 0 Å². The van der Waals surface area contributed by atoms with Gasteiger partial charge in [-0.05, 0) is 18.8 Å². The van der Waals surface area contributed by atoms with Gasteiger partial charge in [-0.2, -0.15) is 9.57 Å². The Hall–Kier alpha value is -0.640. The maximum absolute atomic E-state index is 12.4. The van der Waals surface area contributed by atoms with Crippen LogP contribution in [0.2, 0.25) is 0 Å². The first-order valence-corrected chi connectivity index (χ1v) is 8.80. The van der Waals surface area contributed by atoms with Crippen LogP contribution in [0.3, 0.4) is 0 Å². The fraction of sp³-hybridized carbons (Fsp3) is 0.923. The van der Waals surface area contributed by atoms with E-state index in [2.05, 4.69) is 6.07 Å². The van der Waals surface area contributed by atoms with E-state index in [4.69, 9.17) is 5.26 Å². The first-order chi connectivity index (χ1) is 9.12. The molecule has 2 rings (SSSR count). The summed E-state index contributed by atoms with van der Waals surface area (Å²) < 4.78 is 26.3. The molecule has 0 aromatic carbocycles. The number of nitrogens with zero attached hydrogens (tertiary/aromatic N) is 3. The molecule has 0 unspecified atom stereocenters. The van der Waals surface area contributed by atoms with Gasteiger partial charge in [0.1, 0.15) is 0 Å². The fourth-order valence-corrected chi connectivity index (χ4v) is 4.88. The van der Waals surface area contributed by atoms with Crippen LogP contribution in [-0.4, -0.2) is 56.1 Å². The predicted octanol–water partition coefficient (Wildman–Crippen LogP) is 1.04. The largest absolute Gasteiger partial charge is 0.288 e. The van der Waals surface area contributed by atoms with Crippen LogP contribution in [0, 0.1) is 17.2 Å². The van der Waals surface area contributed by atoms with Gasteiger partial charge in [0, 0.05) is 26.2 Å². The second-order valence-electron chi connectivity index (χ2n) is 5.62. The lowest BCUT2D eigenvalue weighted by Gasteiger charge is -2.33. The summed E-state index contributed by atoms with van der Waals surface area (Å²) in [5.41, 5.74) is 0. The third-order valence-corrected chi connectivity index (χ3v) is 6.23. The van der Waals surface area contributed by atoms with E-state index in [0.29, 0.717) is 44.4 Å². The lowest BCUT2D eigenvalue weighted by atomic mass is 9.91. The molecule has 1 aliphatic carbocycles. The van der Waals surface area contributed by atoms with Gasteiger partial charge >= 0.3 is 0 Å². The van der Waals surface area contributed by atoms with Crippen molar-refractivity contribution in [2.75, 3.05) is 38.5 Å². The van der Waals surface area contributed by atoms with Crippen LogP contribution in [0.15, 0.2) is 0 Å². The quantitative estimate of drug-likeness (QED) is 0.724. The van der Waals surface area contributed by atoms with Crippen molar-refractivity contribution in [2.45, 2.75) is 32.1 Å². The molecular weight excluding hydrogens is 262 g/mol. The number of hydrogen-bond acceptors (Lipinski definition) is 4. The van der Waals surface area contributed by atoms with Crippen LogP contribution < -0.4 is 0 Å². The molecule has 0 bridgehead atoms. The summed E-state index contributed by atoms with van der Waals surface area (Å²) in [5, 5.41) is 8.64. The molecule has 1 saturated carbocycles. The number of sulfonamides is 1. The van der Waals surface area contributed by atoms with Gasteiger partial charge < -0.3 is 0 Å². The molecule has 1 aliphatic heterocycles. The standard InChI is InChI=1S/C13H23N3O2S/c14-6-7-15-8-10-16(11-9-15)19(17,18)12-13-4-2-1-3-5-13/h13H,1-5,7-12H2. The molecule has 6 heteroatoms. The Kier molecular flexibility index (Phi) is 5.20. The van der Waals surface area contributed by atoms with Crippen molar-refractivity contribution < 1.29 is 8.42 Å². The number of nitriles is 1. The molecule has 0 amide bonds. The summed E-state index contributed by atoms with van der Waals surface area (Å²) in [5.74, 6) is 0.682. The third-order valence-electron chi connectivity index (χ3n) is 4.19. The number of hydrogen-bond donors (Lipinski definition) is 0. The van der Waals surface area contributed by atoms with Crippen molar-refractivity contribution in [1.82, 2.24) is 9.21 Å². The van der Waals surface area contributed by atoms with Gasteiger partial charge in [0.05, 0.1) is 18.4 Å². The van der Waals surface area contributed by atoms with Gasteiger partial charge in [0.2, 0.25) is 10.0 Å². The van der Waals surface area contributed by atoms with E-state index >= 15 is 0 Å². The average Bonchev–Trinajstić information content (AvgIpc) is 2.40. The highest BCUT2D eigenvalue weighted by Gasteiger charge is 2.29. The highest BCUT2D eigenvalue weighted by atomic mass is 32.2. The molecule has 2 fully saturated rings. The van der Waals surface area contributed by atoms with Crippen molar-refractivity contribution in [3.63, 3.8) is 0 Å². The zero-order valence-corrected chi connectivity index (χ0v) is 12.2. The molecule has 5 nitrogen and oxygen atoms in total. The molecule has 108 valence electrons. The van der Waals surface area contributed by atoms with Gasteiger partial charge in [-0.3, -0.25) is 4.90 Å². The predicted molar refractivity (Wildman–Crippen MR) is 74.0 cm³/mol. The summed E-state index contributed by atoms with van der Waals surface area (Å²) in [6, 6.07) is 2.11. The minimum atomic E-state index is -3.10. The first-order valence-electron chi connectivity index (χ1n) is 7.19. The fourth-order valence-electron chi connectivity index (χ4n) is 3.02. The van der Waals surface area contributed by atoms with Crippen LogP contribution in [-0.2, 0) is 10.0 Å². The molecule has 0 N–H and O–H groups in total. The minimum absolute atomic E-state index is 0.325. The van der Waals surface area contributed by atoms with E-state index in [9.17, 15) is 8.42 Å². The smallest absolute Gasteiger partial charge is 0.214 e. The molecule has 0 aromatic rings. The molecule has 0 atom stereocenters. The Balaban J connectivity index is 1.85. The Morgan fingerprint density at radius 3 is 2.26 bits per heavy atom. The first kappa shape index (κ1) is 14.8. The zero-order chi connectivity index (χ0) is 13.7. The summed E-state index contributed by atoms with van der Waals surface area (Å²) in [7, 11) is -3.10. The lowest BCUT2D eigenvalue weighted by Crippen LogP contribution is -2.49. The van der Waals surface area contributed by atoms with E-state index in [1.807, 2.05) is 4.90 Å². The van der Waals surface area contributed by atoms with Gasteiger partial charge in [-0.25, -0.2) is 8.42 Å². The average molecular weight is 285 g/mol. The number of rotatable bonds is 4. The Morgan fingerprint density at radius 1 is 1.05 bits per heavy atom. The van der Waals surface area contributed by atoms with E-state index in [0.717, 1.165) is 12.8 Å². The van der Waals surface area contributed by atoms with Crippen LogP contribution in [0.4, 0.5) is 0 Å². The Bertz CT molecular complexity index is 416. The molecule has 19 heavy (non-hydrogen) atoms. The van der Waals surface area contributed by atoms with Crippen LogP contribution in [0.25, 0.3) is 0 Å². The summed E-state index contributed by atoms with van der Waals surface area (Å²) in [6.45, 7) is 2.83. The lowest BCUT2D eigenvalue weighted by molar-refractivity contribution is 0.205. The molecular formula is C13H23N3O2S. The van der Waals surface area contributed by atoms with Gasteiger partial charge in [-0.15, -0.1) is 0 Å². The molecule has 2 aliphatic rings. The van der Waals surface area contributed by atoms with Crippen LogP contribution in [0.1, 0.15) is 32.1 Å². The summed E-state index contributed by atoms with van der Waals surface area (Å²) in [4.78, 5) is 2.01. The maximum atomic E-state index is 12.4. The van der Waals surface area contributed by atoms with E-state index in [1.54, 1.807) is 4.31 Å². The Morgan fingerprint density at radius 2 is 1.68 bits per heavy atom. The molecule has 1 heterocycles. The molecule has 1 saturated heterocycles. The highest BCUT2D eigenvalue weighted by Crippen LogP contribution is 2.26. The van der Waals surface area contributed by atoms with E-state index in [-0.39, 0.29) is 0 Å². The second kappa shape index (κ2) is 6.69. The third kappa shape index (κ3) is 4.16. The normalized spacial score (nSPS) is 24.2. The zero-order valence-electron chi connectivity index (χ0n) is 11.4. The topological polar surface area (TPSA) is 64.4 Å². The van der Waals surface area contributed by atoms with Gasteiger partial charge in [0.15, 0.2) is 0 Å². The van der Waals surface area contributed by atoms with E-state index in [1.165, 1.54) is 19.3 Å². The molecule has 0 aromatic heterocycles. The van der Waals surface area contributed by atoms with Crippen molar-refractivity contribution in [2.24, 2.45) is 5.92 Å². The minimum Gasteiger partial charge on any atom is -0.288 e. The summed E-state index contributed by atoms with van der Waals surface area (Å²) >= 11 is 0. The van der Waals surface area contributed by atoms with Gasteiger partial charge in [-0.1, -0.05) is 19.3 Å². The number of piperazine rings is 1. The highest BCUT2D eigenvalue weighted by molar-refractivity contribution is 7.89. The Labute approximate surface area is 116 Å². The van der Waals surface area contributed by atoms with Crippen molar-refractivity contribution in [3.8, 4) is 6.07 Å². The SMILES string of the molecule is N#CCN1CCN(S(=O)(=O)CC2CCCCC2)CC1. The monoisotopic (exact) mass is 285 g/mol. The van der Waals surface area contributed by atoms with E-state index < -0.39 is 10.0 Å². The molecule has 0 radical (unpaired) electrons. The molecule has 0 spiro atoms. The van der Waals surface area contributed by atoms with Crippen molar-refractivity contribution in [3.05, 3.63) is 0 Å². The van der Waals surface area contributed by atoms with Crippen LogP contribution in [0.5, 0.6) is 0 Å². The summed E-state index contributed by atoms with van der Waals surface area (Å²) in [6.07, 6.45) is 5.73.